The van der Waals surface area contributed by atoms with Crippen molar-refractivity contribution in [3.8, 4) is 0 Å². The van der Waals surface area contributed by atoms with Gasteiger partial charge in [0, 0.05) is 7.11 Å². The topological polar surface area (TPSA) is 38.7 Å². The lowest BCUT2D eigenvalue weighted by Crippen LogP contribution is -2.02. The van der Waals surface area contributed by atoms with Crippen LogP contribution in [0, 0.1) is 0 Å². The highest BCUT2D eigenvalue weighted by atomic mass is 16.7. The molecule has 13 heavy (non-hydrogen) atoms. The van der Waals surface area contributed by atoms with Gasteiger partial charge < -0.3 is 14.6 Å². The van der Waals surface area contributed by atoms with Crippen LogP contribution in [0.2, 0.25) is 0 Å². The Labute approximate surface area is 80.4 Å². The molecule has 0 radical (unpaired) electrons. The molecular formula is C10H20O3. The Morgan fingerprint density at radius 3 is 2.77 bits per heavy atom. The Balaban J connectivity index is 3.27. The summed E-state index contributed by atoms with van der Waals surface area (Å²) < 4.78 is 9.56. The Kier molecular flexibility index (Phi) is 9.15. The van der Waals surface area contributed by atoms with Crippen LogP contribution in [0.1, 0.15) is 32.6 Å². The van der Waals surface area contributed by atoms with Crippen molar-refractivity contribution in [2.75, 3.05) is 13.9 Å². The van der Waals surface area contributed by atoms with Crippen molar-refractivity contribution in [2.24, 2.45) is 0 Å². The third kappa shape index (κ3) is 9.37. The van der Waals surface area contributed by atoms with Crippen LogP contribution in [0.5, 0.6) is 0 Å². The first kappa shape index (κ1) is 12.5. The van der Waals surface area contributed by atoms with Crippen LogP contribution in [0.25, 0.3) is 0 Å². The number of hydrogen-bond donors (Lipinski definition) is 1. The van der Waals surface area contributed by atoms with Crippen molar-refractivity contribution in [3.05, 3.63) is 12.3 Å². The van der Waals surface area contributed by atoms with E-state index in [1.807, 2.05) is 0 Å². The number of rotatable bonds is 8. The average molecular weight is 188 g/mol. The zero-order chi connectivity index (χ0) is 9.94. The first-order valence-corrected chi connectivity index (χ1v) is 4.76. The van der Waals surface area contributed by atoms with E-state index in [2.05, 4.69) is 11.7 Å². The van der Waals surface area contributed by atoms with Crippen molar-refractivity contribution < 1.29 is 14.6 Å². The molecule has 0 bridgehead atoms. The number of aliphatic hydroxyl groups is 1. The van der Waals surface area contributed by atoms with Crippen LogP contribution in [0.3, 0.4) is 0 Å². The van der Waals surface area contributed by atoms with Crippen LogP contribution >= 0.6 is 0 Å². The first-order chi connectivity index (χ1) is 6.31. The molecule has 0 amide bonds. The monoisotopic (exact) mass is 188 g/mol. The van der Waals surface area contributed by atoms with Crippen LogP contribution in [-0.4, -0.2) is 25.1 Å². The summed E-state index contributed by atoms with van der Waals surface area (Å²) in [7, 11) is 1.56. The molecular weight excluding hydrogens is 168 g/mol. The number of methoxy groups -OCH3 is 1. The standard InChI is InChI=1S/C10H20O3/c1-3-4-5-6-10(11)7-8-13-9-12-2/h7-8,10-11H,3-6,9H2,1-2H3/b8-7+/t10-/m0/s1. The lowest BCUT2D eigenvalue weighted by molar-refractivity contribution is 0.0186. The van der Waals surface area contributed by atoms with E-state index >= 15 is 0 Å². The van der Waals surface area contributed by atoms with Gasteiger partial charge in [-0.25, -0.2) is 0 Å². The summed E-state index contributed by atoms with van der Waals surface area (Å²) in [6.07, 6.45) is 6.96. The minimum absolute atomic E-state index is 0.234. The van der Waals surface area contributed by atoms with Gasteiger partial charge in [-0.15, -0.1) is 0 Å². The van der Waals surface area contributed by atoms with Gasteiger partial charge in [0.25, 0.3) is 0 Å². The maximum Gasteiger partial charge on any atom is 0.187 e. The summed E-state index contributed by atoms with van der Waals surface area (Å²) in [5.41, 5.74) is 0. The van der Waals surface area contributed by atoms with Crippen LogP contribution in [-0.2, 0) is 9.47 Å². The predicted molar refractivity (Wildman–Crippen MR) is 52.2 cm³/mol. The third-order valence-electron chi connectivity index (χ3n) is 1.69. The summed E-state index contributed by atoms with van der Waals surface area (Å²) in [6.45, 7) is 2.38. The van der Waals surface area contributed by atoms with E-state index in [1.165, 1.54) is 19.1 Å². The Morgan fingerprint density at radius 1 is 1.38 bits per heavy atom. The molecule has 1 N–H and O–H groups in total. The number of aliphatic hydroxyl groups excluding tert-OH is 1. The maximum atomic E-state index is 9.37. The summed E-state index contributed by atoms with van der Waals surface area (Å²) in [5, 5.41) is 9.37. The number of unbranched alkanes of at least 4 members (excludes halogenated alkanes) is 2. The van der Waals surface area contributed by atoms with Gasteiger partial charge in [0.05, 0.1) is 12.4 Å². The molecule has 0 heterocycles. The Hall–Kier alpha value is -0.540. The lowest BCUT2D eigenvalue weighted by atomic mass is 10.1. The fourth-order valence-corrected chi connectivity index (χ4v) is 0.953. The van der Waals surface area contributed by atoms with Crippen LogP contribution in [0.15, 0.2) is 12.3 Å². The summed E-state index contributed by atoms with van der Waals surface area (Å²) in [4.78, 5) is 0. The second-order valence-electron chi connectivity index (χ2n) is 2.96. The van der Waals surface area contributed by atoms with E-state index in [9.17, 15) is 5.11 Å². The molecule has 0 aromatic rings. The van der Waals surface area contributed by atoms with Gasteiger partial charge >= 0.3 is 0 Å². The molecule has 3 nitrogen and oxygen atoms in total. The van der Waals surface area contributed by atoms with Crippen LogP contribution < -0.4 is 0 Å². The van der Waals surface area contributed by atoms with E-state index in [0.29, 0.717) is 0 Å². The highest BCUT2D eigenvalue weighted by Gasteiger charge is 1.97. The zero-order valence-corrected chi connectivity index (χ0v) is 8.53. The molecule has 3 heteroatoms. The van der Waals surface area contributed by atoms with Crippen molar-refractivity contribution in [3.63, 3.8) is 0 Å². The average Bonchev–Trinajstić information content (AvgIpc) is 2.13. The predicted octanol–water partition coefficient (Wildman–Crippen LogP) is 2.06. The van der Waals surface area contributed by atoms with Gasteiger partial charge in [0.15, 0.2) is 6.79 Å². The fraction of sp³-hybridized carbons (Fsp3) is 0.800. The summed E-state index contributed by atoms with van der Waals surface area (Å²) >= 11 is 0. The number of hydrogen-bond acceptors (Lipinski definition) is 3. The molecule has 0 aliphatic carbocycles. The molecule has 78 valence electrons. The molecule has 0 saturated carbocycles. The molecule has 0 aromatic carbocycles. The SMILES string of the molecule is CCCCC[C@H](O)/C=C/OCOC. The number of ether oxygens (including phenoxy) is 2. The molecule has 0 aliphatic heterocycles. The minimum atomic E-state index is -0.386. The quantitative estimate of drug-likeness (QED) is 0.360. The Morgan fingerprint density at radius 2 is 2.15 bits per heavy atom. The minimum Gasteiger partial charge on any atom is -0.475 e. The van der Waals surface area contributed by atoms with E-state index in [-0.39, 0.29) is 12.9 Å². The third-order valence-corrected chi connectivity index (χ3v) is 1.69. The highest BCUT2D eigenvalue weighted by Crippen LogP contribution is 2.03. The first-order valence-electron chi connectivity index (χ1n) is 4.76. The molecule has 0 aliphatic rings. The molecule has 0 unspecified atom stereocenters. The van der Waals surface area contributed by atoms with Crippen molar-refractivity contribution in [1.82, 2.24) is 0 Å². The summed E-state index contributed by atoms with van der Waals surface area (Å²) in [5.74, 6) is 0. The van der Waals surface area contributed by atoms with E-state index < -0.39 is 0 Å². The maximum absolute atomic E-state index is 9.37. The van der Waals surface area contributed by atoms with E-state index in [0.717, 1.165) is 12.8 Å². The van der Waals surface area contributed by atoms with Crippen LogP contribution in [0.4, 0.5) is 0 Å². The van der Waals surface area contributed by atoms with Gasteiger partial charge in [-0.05, 0) is 12.5 Å². The molecule has 0 fully saturated rings. The van der Waals surface area contributed by atoms with Gasteiger partial charge in [0.1, 0.15) is 0 Å². The molecule has 0 spiro atoms. The van der Waals surface area contributed by atoms with Gasteiger partial charge in [-0.2, -0.15) is 0 Å². The summed E-state index contributed by atoms with van der Waals surface area (Å²) in [6, 6.07) is 0. The van der Waals surface area contributed by atoms with Crippen molar-refractivity contribution in [1.29, 1.82) is 0 Å². The van der Waals surface area contributed by atoms with Crippen molar-refractivity contribution in [2.45, 2.75) is 38.7 Å². The molecule has 0 aromatic heterocycles. The van der Waals surface area contributed by atoms with Gasteiger partial charge in [0.2, 0.25) is 0 Å². The Bertz CT molecular complexity index is 123. The lowest BCUT2D eigenvalue weighted by Gasteiger charge is -2.04. The van der Waals surface area contributed by atoms with E-state index in [4.69, 9.17) is 4.74 Å². The van der Waals surface area contributed by atoms with Gasteiger partial charge in [-0.1, -0.05) is 26.2 Å². The van der Waals surface area contributed by atoms with Crippen molar-refractivity contribution >= 4 is 0 Å². The molecule has 0 rings (SSSR count). The molecule has 1 atom stereocenters. The fourth-order valence-electron chi connectivity index (χ4n) is 0.953. The normalized spacial score (nSPS) is 13.5. The zero-order valence-electron chi connectivity index (χ0n) is 8.53. The largest absolute Gasteiger partial charge is 0.475 e. The second kappa shape index (κ2) is 9.55. The molecule has 0 saturated heterocycles. The second-order valence-corrected chi connectivity index (χ2v) is 2.96. The van der Waals surface area contributed by atoms with E-state index in [1.54, 1.807) is 13.2 Å². The smallest absolute Gasteiger partial charge is 0.187 e. The highest BCUT2D eigenvalue weighted by molar-refractivity contribution is 4.82. The van der Waals surface area contributed by atoms with Gasteiger partial charge in [-0.3, -0.25) is 0 Å².